The van der Waals surface area contributed by atoms with Crippen LogP contribution in [0.5, 0.6) is 0 Å². The van der Waals surface area contributed by atoms with E-state index in [1.165, 1.54) is 11.8 Å². The van der Waals surface area contributed by atoms with Gasteiger partial charge in [0.05, 0.1) is 6.61 Å². The smallest absolute Gasteiger partial charge is 0.263 e. The van der Waals surface area contributed by atoms with E-state index in [0.29, 0.717) is 13.2 Å². The van der Waals surface area contributed by atoms with Gasteiger partial charge in [-0.2, -0.15) is 5.26 Å². The van der Waals surface area contributed by atoms with E-state index in [1.54, 1.807) is 7.11 Å². The van der Waals surface area contributed by atoms with E-state index >= 15 is 0 Å². The van der Waals surface area contributed by atoms with Crippen molar-refractivity contribution < 1.29 is 9.53 Å². The third kappa shape index (κ3) is 4.93. The summed E-state index contributed by atoms with van der Waals surface area (Å²) in [5.41, 5.74) is 4.27. The molecule has 0 spiro atoms. The van der Waals surface area contributed by atoms with Gasteiger partial charge >= 0.3 is 0 Å². The molecule has 21 heavy (non-hydrogen) atoms. The fourth-order valence-corrected chi connectivity index (χ4v) is 2.06. The number of ether oxygens (including phenoxy) is 1. The molecule has 0 aliphatic heterocycles. The number of aryl methyl sites for hydroxylation is 3. The molecule has 0 saturated carbocycles. The van der Waals surface area contributed by atoms with Gasteiger partial charge in [-0.25, -0.2) is 0 Å². The predicted molar refractivity (Wildman–Crippen MR) is 82.9 cm³/mol. The highest BCUT2D eigenvalue weighted by Gasteiger charge is 2.09. The molecule has 0 atom stereocenters. The van der Waals surface area contributed by atoms with E-state index in [-0.39, 0.29) is 5.57 Å². The first kappa shape index (κ1) is 16.7. The lowest BCUT2D eigenvalue weighted by Crippen LogP contribution is -2.28. The number of rotatable bonds is 6. The maximum absolute atomic E-state index is 11.8. The van der Waals surface area contributed by atoms with Gasteiger partial charge in [0.25, 0.3) is 5.91 Å². The normalized spacial score (nSPS) is 10.9. The topological polar surface area (TPSA) is 74.1 Å². The molecule has 0 heterocycles. The van der Waals surface area contributed by atoms with Crippen LogP contribution in [0.3, 0.4) is 0 Å². The summed E-state index contributed by atoms with van der Waals surface area (Å²) in [7, 11) is 1.55. The van der Waals surface area contributed by atoms with Crippen molar-refractivity contribution in [2.45, 2.75) is 20.8 Å². The van der Waals surface area contributed by atoms with Crippen LogP contribution >= 0.6 is 0 Å². The lowest BCUT2D eigenvalue weighted by Gasteiger charge is -2.11. The average molecular weight is 287 g/mol. The van der Waals surface area contributed by atoms with Gasteiger partial charge < -0.3 is 15.4 Å². The van der Waals surface area contributed by atoms with Crippen molar-refractivity contribution in [2.24, 2.45) is 0 Å². The van der Waals surface area contributed by atoms with E-state index in [0.717, 1.165) is 16.8 Å². The molecule has 0 aromatic heterocycles. The minimum Gasteiger partial charge on any atom is -0.383 e. The Morgan fingerprint density at radius 1 is 1.33 bits per heavy atom. The Hall–Kier alpha value is -2.32. The van der Waals surface area contributed by atoms with Crippen molar-refractivity contribution in [2.75, 3.05) is 25.6 Å². The number of amides is 1. The van der Waals surface area contributed by atoms with Gasteiger partial charge in [-0.1, -0.05) is 17.7 Å². The summed E-state index contributed by atoms with van der Waals surface area (Å²) in [6.45, 7) is 6.79. The number of nitriles is 1. The Labute approximate surface area is 125 Å². The quantitative estimate of drug-likeness (QED) is 0.478. The minimum atomic E-state index is -0.413. The molecule has 1 rings (SSSR count). The second kappa shape index (κ2) is 8.08. The number of methoxy groups -OCH3 is 1. The van der Waals surface area contributed by atoms with Crippen LogP contribution in [0.15, 0.2) is 23.9 Å². The first-order valence-electron chi connectivity index (χ1n) is 6.71. The van der Waals surface area contributed by atoms with Crippen molar-refractivity contribution in [3.8, 4) is 6.07 Å². The van der Waals surface area contributed by atoms with E-state index in [4.69, 9.17) is 10.00 Å². The SMILES string of the molecule is COCCNC(=O)/C(C#N)=C\Nc1c(C)cc(C)cc1C. The maximum atomic E-state index is 11.8. The van der Waals surface area contributed by atoms with Gasteiger partial charge in [-0.05, 0) is 31.9 Å². The molecule has 0 saturated heterocycles. The van der Waals surface area contributed by atoms with Crippen LogP contribution in [0.4, 0.5) is 5.69 Å². The molecular weight excluding hydrogens is 266 g/mol. The third-order valence-corrected chi connectivity index (χ3v) is 2.99. The van der Waals surface area contributed by atoms with Gasteiger partial charge in [0.2, 0.25) is 0 Å². The van der Waals surface area contributed by atoms with Crippen LogP contribution in [0.2, 0.25) is 0 Å². The van der Waals surface area contributed by atoms with Crippen molar-refractivity contribution >= 4 is 11.6 Å². The minimum absolute atomic E-state index is 0.0329. The zero-order valence-electron chi connectivity index (χ0n) is 12.9. The van der Waals surface area contributed by atoms with Gasteiger partial charge in [0.1, 0.15) is 11.6 Å². The van der Waals surface area contributed by atoms with Crippen LogP contribution in [0, 0.1) is 32.1 Å². The average Bonchev–Trinajstić information content (AvgIpc) is 2.42. The number of carbonyl (C=O) groups is 1. The van der Waals surface area contributed by atoms with Crippen LogP contribution in [0.25, 0.3) is 0 Å². The second-order valence-electron chi connectivity index (χ2n) is 4.84. The summed E-state index contributed by atoms with van der Waals surface area (Å²) in [5.74, 6) is -0.413. The molecule has 0 aliphatic carbocycles. The molecule has 0 radical (unpaired) electrons. The van der Waals surface area contributed by atoms with Gasteiger partial charge in [0, 0.05) is 25.5 Å². The summed E-state index contributed by atoms with van der Waals surface area (Å²) < 4.78 is 4.84. The lowest BCUT2D eigenvalue weighted by atomic mass is 10.1. The molecule has 1 amide bonds. The first-order chi connectivity index (χ1) is 9.99. The van der Waals surface area contributed by atoms with Crippen LogP contribution < -0.4 is 10.6 Å². The first-order valence-corrected chi connectivity index (χ1v) is 6.71. The van der Waals surface area contributed by atoms with Gasteiger partial charge in [-0.15, -0.1) is 0 Å². The highest BCUT2D eigenvalue weighted by Crippen LogP contribution is 2.22. The Morgan fingerprint density at radius 2 is 1.95 bits per heavy atom. The van der Waals surface area contributed by atoms with Crippen molar-refractivity contribution in [1.82, 2.24) is 5.32 Å². The number of carbonyl (C=O) groups excluding carboxylic acids is 1. The Kier molecular flexibility index (Phi) is 6.44. The molecule has 1 aromatic carbocycles. The van der Waals surface area contributed by atoms with Gasteiger partial charge in [0.15, 0.2) is 0 Å². The van der Waals surface area contributed by atoms with Gasteiger partial charge in [-0.3, -0.25) is 4.79 Å². The largest absolute Gasteiger partial charge is 0.383 e. The molecular formula is C16H21N3O2. The predicted octanol–water partition coefficient (Wildman–Crippen LogP) is 2.19. The second-order valence-corrected chi connectivity index (χ2v) is 4.84. The van der Waals surface area contributed by atoms with E-state index in [2.05, 4.69) is 10.6 Å². The zero-order valence-corrected chi connectivity index (χ0v) is 12.9. The standard InChI is InChI=1S/C16H21N3O2/c1-11-7-12(2)15(13(3)8-11)19-10-14(9-17)16(20)18-5-6-21-4/h7-8,10,19H,5-6H2,1-4H3,(H,18,20)/b14-10-. The molecule has 0 bridgehead atoms. The molecule has 112 valence electrons. The molecule has 0 aliphatic rings. The summed E-state index contributed by atoms with van der Waals surface area (Å²) in [5, 5.41) is 14.7. The molecule has 1 aromatic rings. The highest BCUT2D eigenvalue weighted by atomic mass is 16.5. The lowest BCUT2D eigenvalue weighted by molar-refractivity contribution is -0.117. The Balaban J connectivity index is 2.82. The van der Waals surface area contributed by atoms with Crippen molar-refractivity contribution in [1.29, 1.82) is 5.26 Å². The van der Waals surface area contributed by atoms with Crippen LogP contribution in [-0.2, 0) is 9.53 Å². The Bertz CT molecular complexity index is 563. The number of hydrogen-bond donors (Lipinski definition) is 2. The number of nitrogens with zero attached hydrogens (tertiary/aromatic N) is 1. The third-order valence-electron chi connectivity index (χ3n) is 2.99. The molecule has 0 fully saturated rings. The van der Waals surface area contributed by atoms with E-state index in [9.17, 15) is 4.79 Å². The Morgan fingerprint density at radius 3 is 2.48 bits per heavy atom. The molecule has 5 heteroatoms. The fraction of sp³-hybridized carbons (Fsp3) is 0.375. The number of nitrogens with one attached hydrogen (secondary N) is 2. The van der Waals surface area contributed by atoms with Crippen LogP contribution in [0.1, 0.15) is 16.7 Å². The number of anilines is 1. The van der Waals surface area contributed by atoms with Crippen molar-refractivity contribution in [3.63, 3.8) is 0 Å². The monoisotopic (exact) mass is 287 g/mol. The maximum Gasteiger partial charge on any atom is 0.263 e. The summed E-state index contributed by atoms with van der Waals surface area (Å²) in [6.07, 6.45) is 1.44. The summed E-state index contributed by atoms with van der Waals surface area (Å²) in [4.78, 5) is 11.8. The zero-order chi connectivity index (χ0) is 15.8. The number of hydrogen-bond acceptors (Lipinski definition) is 4. The summed E-state index contributed by atoms with van der Waals surface area (Å²) >= 11 is 0. The number of benzene rings is 1. The molecule has 2 N–H and O–H groups in total. The van der Waals surface area contributed by atoms with Crippen molar-refractivity contribution in [3.05, 3.63) is 40.6 Å². The highest BCUT2D eigenvalue weighted by molar-refractivity contribution is 5.97. The molecule has 5 nitrogen and oxygen atoms in total. The van der Waals surface area contributed by atoms with E-state index < -0.39 is 5.91 Å². The summed E-state index contributed by atoms with van der Waals surface area (Å²) in [6, 6.07) is 5.99. The van der Waals surface area contributed by atoms with Crippen LogP contribution in [-0.4, -0.2) is 26.2 Å². The molecule has 0 unspecified atom stereocenters. The van der Waals surface area contributed by atoms with E-state index in [1.807, 2.05) is 39.0 Å². The fourth-order valence-electron chi connectivity index (χ4n) is 2.06.